The number of carbonyl (C=O) groups excluding carboxylic acids is 1. The number of fused-ring (bicyclic) bond motifs is 2. The molecule has 1 aliphatic heterocycles. The number of carbonyl (C=O) groups is 1. The van der Waals surface area contributed by atoms with Gasteiger partial charge in [-0.1, -0.05) is 13.8 Å². The number of ether oxygens (including phenoxy) is 2. The van der Waals surface area contributed by atoms with Gasteiger partial charge in [0.25, 0.3) is 0 Å². The summed E-state index contributed by atoms with van der Waals surface area (Å²) >= 11 is 0. The third-order valence-electron chi connectivity index (χ3n) is 7.37. The van der Waals surface area contributed by atoms with Crippen LogP contribution in [0.1, 0.15) is 75.0 Å². The Morgan fingerprint density at radius 1 is 1.15 bits per heavy atom. The highest BCUT2D eigenvalue weighted by Crippen LogP contribution is 2.36. The number of nitrogens with two attached hydrogens (primary N) is 1. The van der Waals surface area contributed by atoms with Gasteiger partial charge in [-0.25, -0.2) is 28.2 Å². The van der Waals surface area contributed by atoms with Crippen molar-refractivity contribution in [1.82, 2.24) is 15.0 Å². The van der Waals surface area contributed by atoms with Gasteiger partial charge in [0.1, 0.15) is 17.7 Å². The van der Waals surface area contributed by atoms with Crippen LogP contribution in [-0.2, 0) is 20.1 Å². The van der Waals surface area contributed by atoms with Crippen molar-refractivity contribution in [2.24, 2.45) is 5.73 Å². The zero-order valence-corrected chi connectivity index (χ0v) is 24.1. The van der Waals surface area contributed by atoms with E-state index in [9.17, 15) is 26.4 Å². The Bertz CT molecular complexity index is 1580. The molecule has 0 unspecified atom stereocenters. The number of pyridine rings is 3. The Balaban J connectivity index is 1.67. The molecule has 0 aliphatic carbocycles. The number of sulfone groups is 1. The van der Waals surface area contributed by atoms with Crippen LogP contribution in [0.15, 0.2) is 30.6 Å². The Morgan fingerprint density at radius 2 is 1.85 bits per heavy atom. The van der Waals surface area contributed by atoms with Crippen molar-refractivity contribution in [3.8, 4) is 5.88 Å². The number of nitrogens with one attached hydrogen (secondary N) is 1. The molecule has 0 aromatic carbocycles. The Labute approximate surface area is 235 Å². The lowest BCUT2D eigenvalue weighted by molar-refractivity contribution is -0.0437. The lowest BCUT2D eigenvalue weighted by Gasteiger charge is -2.27. The third kappa shape index (κ3) is 6.22. The maximum atomic E-state index is 12.7. The Kier molecular flexibility index (Phi) is 8.20. The highest BCUT2D eigenvalue weighted by atomic mass is 32.2. The second-order valence-electron chi connectivity index (χ2n) is 10.5. The molecule has 0 saturated carbocycles. The van der Waals surface area contributed by atoms with Gasteiger partial charge in [-0.15, -0.1) is 0 Å². The van der Waals surface area contributed by atoms with E-state index in [1.165, 1.54) is 19.3 Å². The minimum absolute atomic E-state index is 0.0832. The molecule has 10 nitrogen and oxygen atoms in total. The minimum atomic E-state index is -5.33. The van der Waals surface area contributed by atoms with Crippen molar-refractivity contribution in [1.29, 1.82) is 0 Å². The number of cyclic esters (lactones) is 1. The maximum absolute atomic E-state index is 12.7. The normalized spacial score (nSPS) is 19.7. The zero-order chi connectivity index (χ0) is 30.3. The summed E-state index contributed by atoms with van der Waals surface area (Å²) in [5.41, 5.74) is 2.15. The van der Waals surface area contributed by atoms with Crippen LogP contribution in [0.4, 0.5) is 24.8 Å². The van der Waals surface area contributed by atoms with Gasteiger partial charge >= 0.3 is 11.5 Å². The molecular weight excluding hydrogens is 563 g/mol. The minimum Gasteiger partial charge on any atom is -0.474 e. The average Bonchev–Trinajstić information content (AvgIpc) is 2.90. The number of halogens is 3. The summed E-state index contributed by atoms with van der Waals surface area (Å²) in [5.74, 6) is -0.688. The van der Waals surface area contributed by atoms with Crippen molar-refractivity contribution in [2.75, 3.05) is 11.1 Å². The fourth-order valence-corrected chi connectivity index (χ4v) is 5.23. The lowest BCUT2D eigenvalue weighted by Crippen LogP contribution is -2.32. The first-order valence-electron chi connectivity index (χ1n) is 13.1. The van der Waals surface area contributed by atoms with E-state index in [1.54, 1.807) is 25.1 Å². The monoisotopic (exact) mass is 595 g/mol. The fourth-order valence-electron chi connectivity index (χ4n) is 4.36. The number of hydrogen-bond donors (Lipinski definition) is 2. The fraction of sp³-hybridized carbons (Fsp3) is 0.481. The number of esters is 1. The molecule has 0 amide bonds. The van der Waals surface area contributed by atoms with Gasteiger partial charge in [0.05, 0.1) is 28.5 Å². The van der Waals surface area contributed by atoms with Crippen molar-refractivity contribution in [3.63, 3.8) is 0 Å². The van der Waals surface area contributed by atoms with E-state index < -0.39 is 45.1 Å². The van der Waals surface area contributed by atoms with E-state index in [2.05, 4.69) is 20.3 Å². The second-order valence-corrected chi connectivity index (χ2v) is 12.6. The van der Waals surface area contributed by atoms with E-state index >= 15 is 0 Å². The molecule has 1 aliphatic rings. The van der Waals surface area contributed by atoms with Crippen LogP contribution in [0.25, 0.3) is 10.8 Å². The highest BCUT2D eigenvalue weighted by molar-refractivity contribution is 7.92. The summed E-state index contributed by atoms with van der Waals surface area (Å²) in [6, 6.07) is 5.03. The van der Waals surface area contributed by atoms with E-state index in [4.69, 9.17) is 15.2 Å². The molecule has 222 valence electrons. The molecule has 14 heteroatoms. The summed E-state index contributed by atoms with van der Waals surface area (Å²) in [5, 5.41) is 4.24. The molecule has 4 heterocycles. The van der Waals surface area contributed by atoms with Crippen LogP contribution in [0.5, 0.6) is 5.88 Å². The number of nitrogens with zero attached hydrogens (tertiary/aromatic N) is 3. The van der Waals surface area contributed by atoms with Crippen LogP contribution in [0.3, 0.4) is 0 Å². The largest absolute Gasteiger partial charge is 0.497 e. The summed E-state index contributed by atoms with van der Waals surface area (Å²) < 4.78 is 72.3. The van der Waals surface area contributed by atoms with Gasteiger partial charge in [0.2, 0.25) is 15.7 Å². The molecule has 3 aromatic rings. The van der Waals surface area contributed by atoms with Crippen LogP contribution < -0.4 is 15.8 Å². The first kappa shape index (κ1) is 30.4. The molecule has 4 atom stereocenters. The molecule has 0 radical (unpaired) electrons. The van der Waals surface area contributed by atoms with Crippen molar-refractivity contribution < 1.29 is 35.9 Å². The summed E-state index contributed by atoms with van der Waals surface area (Å²) in [6.07, 6.45) is 2.00. The predicted molar refractivity (Wildman–Crippen MR) is 147 cm³/mol. The van der Waals surface area contributed by atoms with Crippen molar-refractivity contribution in [3.05, 3.63) is 47.4 Å². The summed E-state index contributed by atoms with van der Waals surface area (Å²) in [6.45, 7) is 8.96. The van der Waals surface area contributed by atoms with E-state index in [0.717, 1.165) is 0 Å². The first-order chi connectivity index (χ1) is 19.0. The molecule has 0 spiro atoms. The van der Waals surface area contributed by atoms with Crippen molar-refractivity contribution >= 4 is 38.2 Å². The SMILES string of the molecule is CC[C@@](C)(N)c1cnc(O[C@H](C)CCS(=O)(=O)C(F)(F)F)c2cnc(Nc3ccc4c(n3)[C@@H](C)[C@H](C)OC4=O)cc12. The number of hydrogen-bond acceptors (Lipinski definition) is 10. The van der Waals surface area contributed by atoms with Crippen LogP contribution in [0.2, 0.25) is 0 Å². The Hall–Kier alpha value is -3.52. The molecule has 0 saturated heterocycles. The molecule has 3 aromatic heterocycles. The Morgan fingerprint density at radius 3 is 2.51 bits per heavy atom. The lowest BCUT2D eigenvalue weighted by atomic mass is 9.88. The second kappa shape index (κ2) is 11.0. The summed E-state index contributed by atoms with van der Waals surface area (Å²) in [4.78, 5) is 25.7. The van der Waals surface area contributed by atoms with Gasteiger partial charge < -0.3 is 20.5 Å². The van der Waals surface area contributed by atoms with E-state index in [1.807, 2.05) is 20.8 Å². The molecule has 0 bridgehead atoms. The summed E-state index contributed by atoms with van der Waals surface area (Å²) in [7, 11) is -5.28. The molecule has 4 rings (SSSR count). The van der Waals surface area contributed by atoms with E-state index in [0.29, 0.717) is 45.6 Å². The standard InChI is InChI=1S/C27H32F3N5O5S/c1-6-26(5,31)20-13-33-24(39-14(2)9-10-41(37,38)27(28,29)30)19-12-32-22(11-18(19)20)34-21-8-7-17-23(35-21)15(3)16(4)40-25(17)36/h7-8,11-16H,6,9-10,31H2,1-5H3,(H,32,34,35)/t14-,15+,16+,26-/m1/s1. The molecular formula is C27H32F3N5O5S. The van der Waals surface area contributed by atoms with Crippen molar-refractivity contribution in [2.45, 2.75) is 76.6 Å². The number of anilines is 2. The van der Waals surface area contributed by atoms with Gasteiger partial charge in [-0.2, -0.15) is 13.2 Å². The first-order valence-corrected chi connectivity index (χ1v) is 14.7. The number of alkyl halides is 3. The maximum Gasteiger partial charge on any atom is 0.497 e. The number of aromatic nitrogens is 3. The quantitative estimate of drug-likeness (QED) is 0.320. The smallest absolute Gasteiger partial charge is 0.474 e. The average molecular weight is 596 g/mol. The van der Waals surface area contributed by atoms with Crippen LogP contribution in [-0.4, -0.2) is 52.8 Å². The van der Waals surface area contributed by atoms with Crippen LogP contribution in [0, 0.1) is 0 Å². The molecule has 3 N–H and O–H groups in total. The van der Waals surface area contributed by atoms with E-state index in [-0.39, 0.29) is 17.9 Å². The van der Waals surface area contributed by atoms with Crippen LogP contribution >= 0.6 is 0 Å². The number of rotatable bonds is 9. The molecule has 41 heavy (non-hydrogen) atoms. The van der Waals surface area contributed by atoms with Gasteiger partial charge in [-0.05, 0) is 62.8 Å². The zero-order valence-electron chi connectivity index (χ0n) is 23.2. The highest BCUT2D eigenvalue weighted by Gasteiger charge is 2.45. The molecule has 0 fully saturated rings. The predicted octanol–water partition coefficient (Wildman–Crippen LogP) is 5.11. The topological polar surface area (TPSA) is 146 Å². The van der Waals surface area contributed by atoms with Gasteiger partial charge in [-0.3, -0.25) is 0 Å². The van der Waals surface area contributed by atoms with Gasteiger partial charge in [0.15, 0.2) is 0 Å². The third-order valence-corrected chi connectivity index (χ3v) is 8.85. The van der Waals surface area contributed by atoms with Gasteiger partial charge in [0, 0.05) is 23.9 Å².